The van der Waals surface area contributed by atoms with Gasteiger partial charge in [0.2, 0.25) is 5.78 Å². The molecule has 4 N–H and O–H groups in total. The van der Waals surface area contributed by atoms with E-state index in [1.165, 1.54) is 23.1 Å². The zero-order valence-electron chi connectivity index (χ0n) is 20.0. The number of rotatable bonds is 9. The summed E-state index contributed by atoms with van der Waals surface area (Å²) in [6, 6.07) is 3.30. The van der Waals surface area contributed by atoms with Crippen LogP contribution in [0.3, 0.4) is 0 Å². The second kappa shape index (κ2) is 11.1. The van der Waals surface area contributed by atoms with Crippen molar-refractivity contribution in [2.45, 2.75) is 43.5 Å². The summed E-state index contributed by atoms with van der Waals surface area (Å²) in [6.45, 7) is -0.143. The van der Waals surface area contributed by atoms with Crippen molar-refractivity contribution in [3.8, 4) is 0 Å². The molecule has 3 aromatic rings. The third-order valence-corrected chi connectivity index (χ3v) is 7.36. The Hall–Kier alpha value is -3.15. The van der Waals surface area contributed by atoms with Crippen LogP contribution in [0.15, 0.2) is 43.0 Å². The third kappa shape index (κ3) is 6.54. The second-order valence-corrected chi connectivity index (χ2v) is 10.5. The van der Waals surface area contributed by atoms with E-state index < -0.39 is 52.2 Å². The van der Waals surface area contributed by atoms with E-state index in [2.05, 4.69) is 20.4 Å². The van der Waals surface area contributed by atoms with Crippen LogP contribution in [0.1, 0.15) is 33.6 Å². The van der Waals surface area contributed by atoms with E-state index in [0.29, 0.717) is 0 Å². The number of nitrogens with zero attached hydrogens (tertiary/aromatic N) is 4. The first-order valence-electron chi connectivity index (χ1n) is 11.3. The van der Waals surface area contributed by atoms with Crippen molar-refractivity contribution in [3.63, 3.8) is 0 Å². The van der Waals surface area contributed by atoms with Crippen molar-refractivity contribution in [3.05, 3.63) is 70.4 Å². The number of hydrogen-bond donors (Lipinski definition) is 4. The summed E-state index contributed by atoms with van der Waals surface area (Å²) in [6.07, 6.45) is -5.27. The summed E-state index contributed by atoms with van der Waals surface area (Å²) in [5.41, 5.74) is -0.874. The van der Waals surface area contributed by atoms with Crippen molar-refractivity contribution < 1.29 is 40.8 Å². The highest BCUT2D eigenvalue weighted by Gasteiger charge is 2.44. The lowest BCUT2D eigenvalue weighted by molar-refractivity contribution is -0.137. The van der Waals surface area contributed by atoms with Gasteiger partial charge in [-0.15, -0.1) is 0 Å². The molecule has 0 aliphatic heterocycles. The summed E-state index contributed by atoms with van der Waals surface area (Å²) >= 11 is 6.05. The first-order chi connectivity index (χ1) is 18.3. The van der Waals surface area contributed by atoms with Gasteiger partial charge in [-0.3, -0.25) is 13.7 Å². The Kier molecular flexibility index (Phi) is 8.25. The number of anilines is 1. The molecular formula is C22H22ClF3N6O6S. The number of aromatic nitrogens is 4. The highest BCUT2D eigenvalue weighted by molar-refractivity contribution is 7.84. The molecule has 0 radical (unpaired) electrons. The van der Waals surface area contributed by atoms with Gasteiger partial charge in [0.1, 0.15) is 36.2 Å². The number of alkyl halides is 3. The number of halogens is 4. The fourth-order valence-electron chi connectivity index (χ4n) is 3.98. The van der Waals surface area contributed by atoms with Gasteiger partial charge in [0.05, 0.1) is 23.7 Å². The van der Waals surface area contributed by atoms with Crippen LogP contribution in [-0.2, 0) is 27.2 Å². The van der Waals surface area contributed by atoms with Crippen LogP contribution < -0.4 is 10.0 Å². The van der Waals surface area contributed by atoms with Crippen LogP contribution in [0, 0.1) is 0 Å². The summed E-state index contributed by atoms with van der Waals surface area (Å²) in [4.78, 5) is 21.1. The predicted molar refractivity (Wildman–Crippen MR) is 130 cm³/mol. The van der Waals surface area contributed by atoms with Gasteiger partial charge in [0.15, 0.2) is 0 Å². The van der Waals surface area contributed by atoms with Crippen LogP contribution in [0.2, 0.25) is 5.02 Å². The highest BCUT2D eigenvalue weighted by Crippen LogP contribution is 2.32. The Bertz CT molecular complexity index is 1470. The van der Waals surface area contributed by atoms with E-state index in [0.717, 1.165) is 31.6 Å². The molecule has 39 heavy (non-hydrogen) atoms. The van der Waals surface area contributed by atoms with E-state index in [9.17, 15) is 36.6 Å². The monoisotopic (exact) mass is 590 g/mol. The molecule has 0 amide bonds. The second-order valence-electron chi connectivity index (χ2n) is 8.58. The summed E-state index contributed by atoms with van der Waals surface area (Å²) in [5.74, 6) is -0.676. The molecule has 2 aromatic heterocycles. The Labute approximate surface area is 225 Å². The standard InChI is InChI=1S/C22H22ClF3N6O6S/c1-27-39(36,37)38-17-7-16(19(34)20(17)35)30-21-13(8-28-10-29-21)18(33)15-4-5-32(31-15)9-11-6-12(22(24,25)26)2-3-14(11)23/h2-6,8,10,16-17,19-20,27,34-35H,7,9H2,1H3,(H,28,29,30)/t16-,17-,19+,20+/m1/s1. The fraction of sp³-hybridized carbons (Fsp3) is 0.364. The van der Waals surface area contributed by atoms with Crippen LogP contribution in [0.5, 0.6) is 0 Å². The zero-order chi connectivity index (χ0) is 28.5. The average molecular weight is 591 g/mol. The summed E-state index contributed by atoms with van der Waals surface area (Å²) < 4.78 is 70.7. The lowest BCUT2D eigenvalue weighted by atomic mass is 10.1. The largest absolute Gasteiger partial charge is 0.416 e. The number of hydrogen-bond acceptors (Lipinski definition) is 10. The molecule has 4 atom stereocenters. The van der Waals surface area contributed by atoms with Gasteiger partial charge in [-0.25, -0.2) is 9.97 Å². The SMILES string of the molecule is CNS(=O)(=O)O[C@@H]1C[C@@H](Nc2ncncc2C(=O)c2ccn(Cc3cc(C(F)(F)F)ccc3Cl)n2)[C@H](O)[C@H]1O. The smallest absolute Gasteiger partial charge is 0.388 e. The van der Waals surface area contributed by atoms with Gasteiger partial charge in [0.25, 0.3) is 0 Å². The van der Waals surface area contributed by atoms with E-state index in [1.807, 2.05) is 4.72 Å². The third-order valence-electron chi connectivity index (χ3n) is 5.99. The number of ketones is 1. The summed E-state index contributed by atoms with van der Waals surface area (Å²) in [5, 5.41) is 27.7. The molecule has 2 heterocycles. The molecule has 210 valence electrons. The van der Waals surface area contributed by atoms with Crippen LogP contribution in [-0.4, -0.2) is 75.6 Å². The van der Waals surface area contributed by atoms with Gasteiger partial charge in [-0.2, -0.15) is 31.4 Å². The van der Waals surface area contributed by atoms with Crippen LogP contribution in [0.4, 0.5) is 19.0 Å². The zero-order valence-corrected chi connectivity index (χ0v) is 21.6. The number of aliphatic hydroxyl groups is 2. The highest BCUT2D eigenvalue weighted by atomic mass is 35.5. The maximum Gasteiger partial charge on any atom is 0.416 e. The van der Waals surface area contributed by atoms with Crippen molar-refractivity contribution in [1.82, 2.24) is 24.5 Å². The Morgan fingerprint density at radius 2 is 2.00 bits per heavy atom. The topological polar surface area (TPSA) is 169 Å². The number of aliphatic hydroxyl groups excluding tert-OH is 2. The van der Waals surface area contributed by atoms with Crippen LogP contribution >= 0.6 is 11.6 Å². The van der Waals surface area contributed by atoms with Crippen LogP contribution in [0.25, 0.3) is 0 Å². The molecular weight excluding hydrogens is 569 g/mol. The van der Waals surface area contributed by atoms with Gasteiger partial charge in [-0.1, -0.05) is 11.6 Å². The van der Waals surface area contributed by atoms with Gasteiger partial charge in [0, 0.05) is 30.9 Å². The lowest BCUT2D eigenvalue weighted by Crippen LogP contribution is -2.38. The molecule has 1 saturated carbocycles. The average Bonchev–Trinajstić information content (AvgIpc) is 3.45. The number of carbonyl (C=O) groups excluding carboxylic acids is 1. The minimum Gasteiger partial charge on any atom is -0.388 e. The first-order valence-corrected chi connectivity index (χ1v) is 13.1. The first kappa shape index (κ1) is 28.8. The normalized spacial score (nSPS) is 21.7. The Balaban J connectivity index is 1.51. The molecule has 12 nitrogen and oxygen atoms in total. The minimum atomic E-state index is -4.56. The molecule has 1 aliphatic carbocycles. The lowest BCUT2D eigenvalue weighted by Gasteiger charge is -2.19. The molecule has 4 rings (SSSR count). The van der Waals surface area contributed by atoms with Crippen molar-refractivity contribution in [2.75, 3.05) is 12.4 Å². The maximum absolute atomic E-state index is 13.2. The molecule has 1 aromatic carbocycles. The van der Waals surface area contributed by atoms with E-state index >= 15 is 0 Å². The molecule has 0 bridgehead atoms. The van der Waals surface area contributed by atoms with Crippen molar-refractivity contribution in [1.29, 1.82) is 0 Å². The Morgan fingerprint density at radius 3 is 2.69 bits per heavy atom. The Morgan fingerprint density at radius 1 is 1.26 bits per heavy atom. The van der Waals surface area contributed by atoms with Gasteiger partial charge < -0.3 is 15.5 Å². The summed E-state index contributed by atoms with van der Waals surface area (Å²) in [7, 11) is -3.03. The van der Waals surface area contributed by atoms with E-state index in [1.54, 1.807) is 0 Å². The number of benzene rings is 1. The predicted octanol–water partition coefficient (Wildman–Crippen LogP) is 1.38. The van der Waals surface area contributed by atoms with Gasteiger partial charge in [-0.05, 0) is 29.8 Å². The molecule has 0 unspecified atom stereocenters. The molecule has 17 heteroatoms. The molecule has 0 spiro atoms. The minimum absolute atomic E-state index is 0.0288. The fourth-order valence-corrected chi connectivity index (χ4v) is 4.77. The molecule has 0 saturated heterocycles. The van der Waals surface area contributed by atoms with Crippen molar-refractivity contribution >= 4 is 33.5 Å². The quantitative estimate of drug-likeness (QED) is 0.267. The van der Waals surface area contributed by atoms with E-state index in [-0.39, 0.29) is 40.6 Å². The molecule has 1 fully saturated rings. The van der Waals surface area contributed by atoms with E-state index in [4.69, 9.17) is 15.8 Å². The number of carbonyl (C=O) groups is 1. The van der Waals surface area contributed by atoms with Crippen molar-refractivity contribution in [2.24, 2.45) is 0 Å². The number of nitrogens with one attached hydrogen (secondary N) is 2. The maximum atomic E-state index is 13.2. The molecule has 1 aliphatic rings. The van der Waals surface area contributed by atoms with Gasteiger partial charge >= 0.3 is 16.5 Å².